The average Bonchev–Trinajstić information content (AvgIpc) is 3.23. The third-order valence-electron chi connectivity index (χ3n) is 5.08. The molecule has 34 heavy (non-hydrogen) atoms. The van der Waals surface area contributed by atoms with Crippen LogP contribution in [0.1, 0.15) is 11.1 Å². The maximum Gasteiger partial charge on any atom is 0.416 e. The summed E-state index contributed by atoms with van der Waals surface area (Å²) in [5.41, 5.74) is -1.76. The summed E-state index contributed by atoms with van der Waals surface area (Å²) in [5, 5.41) is 4.13. The van der Waals surface area contributed by atoms with Gasteiger partial charge in [0.2, 0.25) is 5.91 Å². The van der Waals surface area contributed by atoms with Gasteiger partial charge in [0.1, 0.15) is 5.82 Å². The molecule has 176 valence electrons. The molecule has 3 heterocycles. The molecule has 1 aromatic carbocycles. The Bertz CT molecular complexity index is 1560. The van der Waals surface area contributed by atoms with Crippen LogP contribution in [0.2, 0.25) is 0 Å². The molecule has 1 N–H and O–H groups in total. The number of aromatic nitrogens is 4. The minimum Gasteiger partial charge on any atom is -0.302 e. The highest BCUT2D eigenvalue weighted by atomic mass is 32.1. The topological polar surface area (TPSA) is 98.9 Å². The van der Waals surface area contributed by atoms with Gasteiger partial charge >= 0.3 is 11.9 Å². The highest BCUT2D eigenvalue weighted by molar-refractivity contribution is 7.14. The van der Waals surface area contributed by atoms with Crippen molar-refractivity contribution >= 4 is 33.3 Å². The molecule has 0 aliphatic carbocycles. The third-order valence-corrected chi connectivity index (χ3v) is 5.84. The van der Waals surface area contributed by atoms with E-state index in [1.807, 2.05) is 0 Å². The Labute approximate surface area is 192 Å². The third kappa shape index (κ3) is 4.33. The van der Waals surface area contributed by atoms with Gasteiger partial charge in [0.15, 0.2) is 5.13 Å². The average molecular weight is 493 g/mol. The maximum absolute atomic E-state index is 13.7. The highest BCUT2D eigenvalue weighted by Crippen LogP contribution is 2.34. The van der Waals surface area contributed by atoms with Crippen molar-refractivity contribution in [3.63, 3.8) is 0 Å². The number of pyridine rings is 1. The van der Waals surface area contributed by atoms with Crippen molar-refractivity contribution in [3.8, 4) is 11.3 Å². The number of aryl methyl sites for hydroxylation is 1. The fraction of sp³-hybridized carbons (Fsp3) is 0.190. The van der Waals surface area contributed by atoms with Crippen molar-refractivity contribution in [2.45, 2.75) is 12.6 Å². The molecule has 0 aliphatic rings. The number of anilines is 1. The van der Waals surface area contributed by atoms with E-state index in [-0.39, 0.29) is 39.3 Å². The normalized spacial score (nSPS) is 11.7. The summed E-state index contributed by atoms with van der Waals surface area (Å²) in [5.74, 6) is -1.64. The summed E-state index contributed by atoms with van der Waals surface area (Å²) in [4.78, 5) is 45.4. The smallest absolute Gasteiger partial charge is 0.302 e. The number of alkyl halides is 3. The lowest BCUT2D eigenvalue weighted by atomic mass is 10.1. The molecule has 4 rings (SSSR count). The van der Waals surface area contributed by atoms with E-state index in [1.54, 1.807) is 0 Å². The number of halogens is 4. The standard InChI is InChI=1S/C21H15F4N5O3S/c1-29-15-8-26-7-11(17(15)18(32)30(2)20(29)33)5-16(31)28-19-27-14(9-34-19)10-3-12(21(23,24)25)6-13(22)4-10/h3-4,6-9H,5H2,1-2H3,(H,27,28,31). The van der Waals surface area contributed by atoms with Gasteiger partial charge in [-0.25, -0.2) is 14.2 Å². The van der Waals surface area contributed by atoms with E-state index in [2.05, 4.69) is 15.3 Å². The Balaban J connectivity index is 1.60. The molecule has 0 spiro atoms. The Kier molecular flexibility index (Phi) is 5.81. The van der Waals surface area contributed by atoms with Gasteiger partial charge in [-0.1, -0.05) is 0 Å². The second kappa shape index (κ2) is 8.48. The molecule has 8 nitrogen and oxygen atoms in total. The number of hydrogen-bond acceptors (Lipinski definition) is 6. The Morgan fingerprint density at radius 3 is 2.56 bits per heavy atom. The predicted octanol–water partition coefficient (Wildman–Crippen LogP) is 3.09. The number of rotatable bonds is 4. The van der Waals surface area contributed by atoms with Crippen LogP contribution in [0.4, 0.5) is 22.7 Å². The maximum atomic E-state index is 13.7. The van der Waals surface area contributed by atoms with Crippen molar-refractivity contribution in [1.29, 1.82) is 0 Å². The van der Waals surface area contributed by atoms with Crippen LogP contribution < -0.4 is 16.6 Å². The first-order valence-corrected chi connectivity index (χ1v) is 10.5. The second-order valence-corrected chi connectivity index (χ2v) is 8.25. The number of benzene rings is 1. The summed E-state index contributed by atoms with van der Waals surface area (Å²) in [7, 11) is 2.80. The molecule has 0 radical (unpaired) electrons. The number of carbonyl (C=O) groups excluding carboxylic acids is 1. The molecule has 13 heteroatoms. The van der Waals surface area contributed by atoms with Gasteiger partial charge in [-0.05, 0) is 23.8 Å². The van der Waals surface area contributed by atoms with Gasteiger partial charge in [-0.2, -0.15) is 13.2 Å². The van der Waals surface area contributed by atoms with E-state index in [1.165, 1.54) is 36.4 Å². The molecule has 0 unspecified atom stereocenters. The Hall–Kier alpha value is -3.87. The zero-order valence-corrected chi connectivity index (χ0v) is 18.4. The van der Waals surface area contributed by atoms with Crippen LogP contribution in [0.15, 0.2) is 45.6 Å². The first-order chi connectivity index (χ1) is 16.0. The number of nitrogens with one attached hydrogen (secondary N) is 1. The number of nitrogens with zero attached hydrogens (tertiary/aromatic N) is 4. The van der Waals surface area contributed by atoms with Crippen LogP contribution in [-0.4, -0.2) is 25.0 Å². The summed E-state index contributed by atoms with van der Waals surface area (Å²) in [6.45, 7) is 0. The number of amides is 1. The molecule has 0 bridgehead atoms. The van der Waals surface area contributed by atoms with Crippen LogP contribution >= 0.6 is 11.3 Å². The molecular formula is C21H15F4N5O3S. The molecule has 0 saturated carbocycles. The number of hydrogen-bond donors (Lipinski definition) is 1. The molecule has 0 fully saturated rings. The quantitative estimate of drug-likeness (QED) is 0.441. The molecular weight excluding hydrogens is 478 g/mol. The Morgan fingerprint density at radius 2 is 1.85 bits per heavy atom. The lowest BCUT2D eigenvalue weighted by Crippen LogP contribution is -2.37. The van der Waals surface area contributed by atoms with Crippen molar-refractivity contribution in [1.82, 2.24) is 19.1 Å². The van der Waals surface area contributed by atoms with E-state index in [0.29, 0.717) is 6.07 Å². The predicted molar refractivity (Wildman–Crippen MR) is 117 cm³/mol. The van der Waals surface area contributed by atoms with Gasteiger partial charge < -0.3 is 5.32 Å². The first-order valence-electron chi connectivity index (χ1n) is 9.62. The van der Waals surface area contributed by atoms with Crippen molar-refractivity contribution in [3.05, 3.63) is 73.8 Å². The van der Waals surface area contributed by atoms with Gasteiger partial charge in [-0.15, -0.1) is 11.3 Å². The van der Waals surface area contributed by atoms with E-state index in [0.717, 1.165) is 28.0 Å². The number of thiazole rings is 1. The molecule has 0 saturated heterocycles. The van der Waals surface area contributed by atoms with Crippen molar-refractivity contribution in [2.75, 3.05) is 5.32 Å². The summed E-state index contributed by atoms with van der Waals surface area (Å²) in [6, 6.07) is 2.07. The van der Waals surface area contributed by atoms with E-state index in [9.17, 15) is 31.9 Å². The van der Waals surface area contributed by atoms with E-state index >= 15 is 0 Å². The fourth-order valence-corrected chi connectivity index (χ4v) is 4.15. The van der Waals surface area contributed by atoms with Crippen molar-refractivity contribution in [2.24, 2.45) is 14.1 Å². The van der Waals surface area contributed by atoms with Gasteiger partial charge in [-0.3, -0.25) is 23.7 Å². The van der Waals surface area contributed by atoms with Gasteiger partial charge in [0, 0.05) is 31.2 Å². The summed E-state index contributed by atoms with van der Waals surface area (Å²) in [6.07, 6.45) is -2.31. The number of carbonyl (C=O) groups is 1. The minimum atomic E-state index is -4.73. The molecule has 0 atom stereocenters. The molecule has 0 aliphatic heterocycles. The zero-order valence-electron chi connectivity index (χ0n) is 17.6. The van der Waals surface area contributed by atoms with Crippen LogP contribution in [0, 0.1) is 5.82 Å². The van der Waals surface area contributed by atoms with Crippen LogP contribution in [0.25, 0.3) is 22.2 Å². The van der Waals surface area contributed by atoms with Gasteiger partial charge in [0.25, 0.3) is 5.56 Å². The van der Waals surface area contributed by atoms with Crippen LogP contribution in [-0.2, 0) is 31.5 Å². The van der Waals surface area contributed by atoms with E-state index < -0.39 is 34.7 Å². The lowest BCUT2D eigenvalue weighted by Gasteiger charge is -2.10. The zero-order chi connectivity index (χ0) is 24.8. The number of fused-ring (bicyclic) bond motifs is 1. The monoisotopic (exact) mass is 493 g/mol. The van der Waals surface area contributed by atoms with Crippen LogP contribution in [0.5, 0.6) is 0 Å². The first kappa shape index (κ1) is 23.3. The SMILES string of the molecule is Cn1c(=O)c2c(CC(=O)Nc3nc(-c4cc(F)cc(C(F)(F)F)c4)cs3)cncc2n(C)c1=O. The van der Waals surface area contributed by atoms with E-state index in [4.69, 9.17) is 0 Å². The molecule has 4 aromatic rings. The molecule has 1 amide bonds. The lowest BCUT2D eigenvalue weighted by molar-refractivity contribution is -0.137. The Morgan fingerprint density at radius 1 is 1.12 bits per heavy atom. The van der Waals surface area contributed by atoms with Crippen LogP contribution in [0.3, 0.4) is 0 Å². The molecule has 3 aromatic heterocycles. The van der Waals surface area contributed by atoms with Gasteiger partial charge in [0.05, 0.1) is 34.8 Å². The van der Waals surface area contributed by atoms with Crippen molar-refractivity contribution < 1.29 is 22.4 Å². The fourth-order valence-electron chi connectivity index (χ4n) is 3.41. The highest BCUT2D eigenvalue weighted by Gasteiger charge is 2.31. The second-order valence-electron chi connectivity index (χ2n) is 7.39. The summed E-state index contributed by atoms with van der Waals surface area (Å²) < 4.78 is 54.8. The summed E-state index contributed by atoms with van der Waals surface area (Å²) >= 11 is 0.942. The minimum absolute atomic E-state index is 0.0565. The largest absolute Gasteiger partial charge is 0.416 e.